The first kappa shape index (κ1) is 10.8. The summed E-state index contributed by atoms with van der Waals surface area (Å²) in [6.07, 6.45) is 0. The Morgan fingerprint density at radius 1 is 1.20 bits per heavy atom. The van der Waals surface area contributed by atoms with Crippen LogP contribution in [0.25, 0.3) is 0 Å². The Labute approximate surface area is 84.3 Å². The van der Waals surface area contributed by atoms with Gasteiger partial charge >= 0.3 is 11.9 Å². The van der Waals surface area contributed by atoms with Crippen LogP contribution in [0.5, 0.6) is 17.2 Å². The first-order valence-corrected chi connectivity index (χ1v) is 3.89. The molecule has 1 rings (SSSR count). The first-order valence-electron chi connectivity index (χ1n) is 3.89. The summed E-state index contributed by atoms with van der Waals surface area (Å²) in [4.78, 5) is 21.1. The topological polar surface area (TPSA) is 104 Å². The molecule has 0 atom stereocenters. The molecule has 1 aromatic rings. The number of aromatic hydroxyl groups is 2. The van der Waals surface area contributed by atoms with Crippen LogP contribution in [0.15, 0.2) is 12.1 Å². The minimum atomic E-state index is -1.31. The fourth-order valence-corrected chi connectivity index (χ4v) is 0.970. The van der Waals surface area contributed by atoms with Crippen LogP contribution in [-0.2, 0) is 4.79 Å². The summed E-state index contributed by atoms with van der Waals surface area (Å²) in [5.74, 6) is -3.71. The zero-order valence-electron chi connectivity index (χ0n) is 7.72. The standard InChI is InChI=1S/C9H8O6/c1-4(10)15-8-6(11)2-5(9(13)14)3-7(8)12/h2-3,11-12H,1H3,(H,13,14). The van der Waals surface area contributed by atoms with Crippen LogP contribution in [0.2, 0.25) is 0 Å². The molecule has 0 unspecified atom stereocenters. The van der Waals surface area contributed by atoms with Crippen molar-refractivity contribution in [2.45, 2.75) is 6.92 Å². The van der Waals surface area contributed by atoms with Gasteiger partial charge in [-0.3, -0.25) is 4.79 Å². The van der Waals surface area contributed by atoms with E-state index in [4.69, 9.17) is 5.11 Å². The highest BCUT2D eigenvalue weighted by Gasteiger charge is 2.15. The number of carbonyl (C=O) groups is 2. The summed E-state index contributed by atoms with van der Waals surface area (Å²) >= 11 is 0. The van der Waals surface area contributed by atoms with Gasteiger partial charge in [-0.2, -0.15) is 0 Å². The summed E-state index contributed by atoms with van der Waals surface area (Å²) in [5, 5.41) is 27.1. The molecule has 0 aliphatic carbocycles. The first-order chi connectivity index (χ1) is 6.91. The largest absolute Gasteiger partial charge is 0.504 e. The van der Waals surface area contributed by atoms with Gasteiger partial charge in [0.2, 0.25) is 5.75 Å². The van der Waals surface area contributed by atoms with Crippen molar-refractivity contribution in [1.82, 2.24) is 0 Å². The molecule has 1 aromatic carbocycles. The van der Waals surface area contributed by atoms with Crippen molar-refractivity contribution in [3.05, 3.63) is 17.7 Å². The highest BCUT2D eigenvalue weighted by Crippen LogP contribution is 2.36. The SMILES string of the molecule is CC(=O)Oc1c(O)cc(C(=O)O)cc1O. The number of benzene rings is 1. The average Bonchev–Trinajstić information content (AvgIpc) is 2.10. The molecular formula is C9H8O6. The van der Waals surface area contributed by atoms with E-state index in [1.807, 2.05) is 0 Å². The number of carboxylic acid groups (broad SMARTS) is 1. The lowest BCUT2D eigenvalue weighted by molar-refractivity contribution is -0.132. The van der Waals surface area contributed by atoms with E-state index in [2.05, 4.69) is 4.74 Å². The molecule has 0 aliphatic rings. The lowest BCUT2D eigenvalue weighted by Gasteiger charge is -2.07. The van der Waals surface area contributed by atoms with Gasteiger partial charge in [0, 0.05) is 6.92 Å². The number of esters is 1. The summed E-state index contributed by atoms with van der Waals surface area (Å²) in [6.45, 7) is 1.09. The molecule has 15 heavy (non-hydrogen) atoms. The van der Waals surface area contributed by atoms with E-state index in [0.29, 0.717) is 0 Å². The van der Waals surface area contributed by atoms with Crippen LogP contribution < -0.4 is 4.74 Å². The van der Waals surface area contributed by atoms with E-state index in [1.54, 1.807) is 0 Å². The van der Waals surface area contributed by atoms with Crippen LogP contribution in [0.4, 0.5) is 0 Å². The number of carbonyl (C=O) groups excluding carboxylic acids is 1. The second-order valence-corrected chi connectivity index (χ2v) is 2.74. The van der Waals surface area contributed by atoms with E-state index in [9.17, 15) is 19.8 Å². The minimum Gasteiger partial charge on any atom is -0.504 e. The Hall–Kier alpha value is -2.24. The lowest BCUT2D eigenvalue weighted by atomic mass is 10.2. The molecule has 0 amide bonds. The maximum atomic E-state index is 10.6. The van der Waals surface area contributed by atoms with E-state index < -0.39 is 29.2 Å². The molecule has 80 valence electrons. The lowest BCUT2D eigenvalue weighted by Crippen LogP contribution is -2.03. The van der Waals surface area contributed by atoms with Gasteiger partial charge in [-0.15, -0.1) is 0 Å². The van der Waals surface area contributed by atoms with Gasteiger partial charge in [0.15, 0.2) is 11.5 Å². The van der Waals surface area contributed by atoms with Gasteiger partial charge in [-0.1, -0.05) is 0 Å². The van der Waals surface area contributed by atoms with Crippen LogP contribution in [0, 0.1) is 0 Å². The molecule has 6 heteroatoms. The van der Waals surface area contributed by atoms with Gasteiger partial charge in [0.05, 0.1) is 5.56 Å². The number of phenolic OH excluding ortho intramolecular Hbond substituents is 2. The average molecular weight is 212 g/mol. The molecule has 6 nitrogen and oxygen atoms in total. The van der Waals surface area contributed by atoms with E-state index in [0.717, 1.165) is 19.1 Å². The van der Waals surface area contributed by atoms with E-state index >= 15 is 0 Å². The number of aromatic carboxylic acids is 1. The number of rotatable bonds is 2. The summed E-state index contributed by atoms with van der Waals surface area (Å²) in [5.41, 5.74) is -0.305. The van der Waals surface area contributed by atoms with Crippen molar-refractivity contribution in [2.75, 3.05) is 0 Å². The fraction of sp³-hybridized carbons (Fsp3) is 0.111. The smallest absolute Gasteiger partial charge is 0.335 e. The second kappa shape index (κ2) is 3.87. The summed E-state index contributed by atoms with van der Waals surface area (Å²) in [7, 11) is 0. The molecule has 0 aromatic heterocycles. The fourth-order valence-electron chi connectivity index (χ4n) is 0.970. The van der Waals surface area contributed by atoms with Crippen LogP contribution >= 0.6 is 0 Å². The monoisotopic (exact) mass is 212 g/mol. The van der Waals surface area contributed by atoms with Crippen molar-refractivity contribution < 1.29 is 29.6 Å². The highest BCUT2D eigenvalue weighted by atomic mass is 16.5. The van der Waals surface area contributed by atoms with Crippen molar-refractivity contribution in [1.29, 1.82) is 0 Å². The third-order valence-electron chi connectivity index (χ3n) is 1.54. The van der Waals surface area contributed by atoms with Gasteiger partial charge in [-0.05, 0) is 12.1 Å². The zero-order valence-corrected chi connectivity index (χ0v) is 7.72. The minimum absolute atomic E-state index is 0.305. The summed E-state index contributed by atoms with van der Waals surface area (Å²) < 4.78 is 4.48. The Balaban J connectivity index is 3.21. The normalized spacial score (nSPS) is 9.67. The molecule has 0 bridgehead atoms. The molecule has 0 fully saturated rings. The van der Waals surface area contributed by atoms with Gasteiger partial charge < -0.3 is 20.1 Å². The van der Waals surface area contributed by atoms with Crippen LogP contribution in [-0.4, -0.2) is 27.3 Å². The van der Waals surface area contributed by atoms with E-state index in [1.165, 1.54) is 0 Å². The third kappa shape index (κ3) is 2.37. The second-order valence-electron chi connectivity index (χ2n) is 2.74. The highest BCUT2D eigenvalue weighted by molar-refractivity contribution is 5.89. The number of hydrogen-bond donors (Lipinski definition) is 3. The van der Waals surface area contributed by atoms with Gasteiger partial charge in [0.25, 0.3) is 0 Å². The van der Waals surface area contributed by atoms with Crippen molar-refractivity contribution in [3.63, 3.8) is 0 Å². The van der Waals surface area contributed by atoms with Gasteiger partial charge in [-0.25, -0.2) is 4.79 Å². The molecule has 0 heterocycles. The van der Waals surface area contributed by atoms with Crippen molar-refractivity contribution in [3.8, 4) is 17.2 Å². The van der Waals surface area contributed by atoms with E-state index in [-0.39, 0.29) is 5.56 Å². The maximum absolute atomic E-state index is 10.6. The molecule has 0 aliphatic heterocycles. The van der Waals surface area contributed by atoms with Crippen LogP contribution in [0.3, 0.4) is 0 Å². The molecule has 0 spiro atoms. The molecule has 3 N–H and O–H groups in total. The zero-order chi connectivity index (χ0) is 11.6. The Bertz CT molecular complexity index is 400. The predicted octanol–water partition coefficient (Wildman–Crippen LogP) is 0.721. The van der Waals surface area contributed by atoms with Crippen molar-refractivity contribution in [2.24, 2.45) is 0 Å². The number of carboxylic acids is 1. The molecule has 0 saturated carbocycles. The third-order valence-corrected chi connectivity index (χ3v) is 1.54. The number of ether oxygens (including phenoxy) is 1. The Kier molecular flexibility index (Phi) is 2.80. The Morgan fingerprint density at radius 3 is 2.00 bits per heavy atom. The van der Waals surface area contributed by atoms with Crippen molar-refractivity contribution >= 4 is 11.9 Å². The summed E-state index contributed by atoms with van der Waals surface area (Å²) in [6, 6.07) is 1.75. The number of phenols is 2. The molecule has 0 radical (unpaired) electrons. The Morgan fingerprint density at radius 2 is 1.67 bits per heavy atom. The predicted molar refractivity (Wildman–Crippen MR) is 48.0 cm³/mol. The van der Waals surface area contributed by atoms with Crippen LogP contribution in [0.1, 0.15) is 17.3 Å². The maximum Gasteiger partial charge on any atom is 0.335 e. The molecule has 0 saturated heterocycles. The molecular weight excluding hydrogens is 204 g/mol. The quantitative estimate of drug-likeness (QED) is 0.493. The number of hydrogen-bond acceptors (Lipinski definition) is 5. The van der Waals surface area contributed by atoms with Gasteiger partial charge in [0.1, 0.15) is 0 Å².